The fourth-order valence-corrected chi connectivity index (χ4v) is 3.07. The maximum Gasteiger partial charge on any atom is 0.328 e. The summed E-state index contributed by atoms with van der Waals surface area (Å²) < 4.78 is 4.80. The quantitative estimate of drug-likeness (QED) is 0.369. The average Bonchev–Trinajstić information content (AvgIpc) is 2.67. The van der Waals surface area contributed by atoms with Gasteiger partial charge in [-0.25, -0.2) is 4.79 Å². The van der Waals surface area contributed by atoms with Crippen LogP contribution in [0.5, 0.6) is 5.75 Å². The molecule has 27 heavy (non-hydrogen) atoms. The highest BCUT2D eigenvalue weighted by molar-refractivity contribution is 5.84. The van der Waals surface area contributed by atoms with E-state index in [-0.39, 0.29) is 11.7 Å². The van der Waals surface area contributed by atoms with E-state index in [2.05, 4.69) is 12.2 Å². The van der Waals surface area contributed by atoms with Gasteiger partial charge in [0.1, 0.15) is 11.8 Å². The van der Waals surface area contributed by atoms with Crippen LogP contribution in [0.25, 0.3) is 0 Å². The first-order chi connectivity index (χ1) is 13.1. The average molecular weight is 378 g/mol. The van der Waals surface area contributed by atoms with Gasteiger partial charge >= 0.3 is 5.97 Å². The van der Waals surface area contributed by atoms with Crippen molar-refractivity contribution in [1.82, 2.24) is 5.32 Å². The summed E-state index contributed by atoms with van der Waals surface area (Å²) in [6.45, 7) is 2.22. The van der Waals surface area contributed by atoms with Gasteiger partial charge in [0.15, 0.2) is 0 Å². The lowest BCUT2D eigenvalue weighted by Gasteiger charge is -2.16. The Labute approximate surface area is 163 Å². The summed E-state index contributed by atoms with van der Waals surface area (Å²) in [5.74, 6) is -0.404. The van der Waals surface area contributed by atoms with Crippen molar-refractivity contribution in [3.8, 4) is 5.75 Å². The number of unbranched alkanes of at least 4 members (excludes halogenated alkanes) is 8. The predicted molar refractivity (Wildman–Crippen MR) is 108 cm³/mol. The van der Waals surface area contributed by atoms with Crippen LogP contribution in [0.15, 0.2) is 24.3 Å². The van der Waals surface area contributed by atoms with Crippen LogP contribution in [0.2, 0.25) is 0 Å². The summed E-state index contributed by atoms with van der Waals surface area (Å²) in [7, 11) is 1.32. The van der Waals surface area contributed by atoms with E-state index >= 15 is 0 Å². The number of esters is 1. The van der Waals surface area contributed by atoms with Gasteiger partial charge in [-0.2, -0.15) is 0 Å². The van der Waals surface area contributed by atoms with Gasteiger partial charge in [-0.15, -0.1) is 0 Å². The van der Waals surface area contributed by atoms with Gasteiger partial charge in [-0.1, -0.05) is 70.4 Å². The molecule has 2 N–H and O–H groups in total. The molecule has 1 aromatic carbocycles. The number of nitrogens with one attached hydrogen (secondary N) is 1. The SMILES string of the molecule is CCCCCCCCCCCC(=O)NC(Cc1ccc(O)cc1)C(=O)OC. The van der Waals surface area contributed by atoms with Gasteiger partial charge in [-0.3, -0.25) is 4.79 Å². The van der Waals surface area contributed by atoms with Gasteiger partial charge in [0, 0.05) is 12.8 Å². The van der Waals surface area contributed by atoms with Crippen molar-refractivity contribution in [3.63, 3.8) is 0 Å². The zero-order chi connectivity index (χ0) is 19.9. The molecule has 0 aliphatic rings. The van der Waals surface area contributed by atoms with Gasteiger partial charge in [0.2, 0.25) is 5.91 Å². The highest BCUT2D eigenvalue weighted by Gasteiger charge is 2.21. The lowest BCUT2D eigenvalue weighted by Crippen LogP contribution is -2.43. The molecule has 0 aromatic heterocycles. The summed E-state index contributed by atoms with van der Waals surface area (Å²) in [5.41, 5.74) is 0.853. The molecule has 0 spiro atoms. The van der Waals surface area contributed by atoms with Crippen LogP contribution in [0.4, 0.5) is 0 Å². The Balaban J connectivity index is 2.27. The summed E-state index contributed by atoms with van der Waals surface area (Å²) in [5, 5.41) is 12.1. The molecule has 0 saturated carbocycles. The van der Waals surface area contributed by atoms with Crippen molar-refractivity contribution in [2.75, 3.05) is 7.11 Å². The van der Waals surface area contributed by atoms with Crippen LogP contribution in [-0.4, -0.2) is 30.1 Å². The minimum atomic E-state index is -0.703. The molecule has 1 aromatic rings. The summed E-state index contributed by atoms with van der Waals surface area (Å²) >= 11 is 0. The number of rotatable bonds is 14. The molecule has 5 nitrogen and oxygen atoms in total. The van der Waals surface area contributed by atoms with E-state index in [1.807, 2.05) is 0 Å². The fourth-order valence-electron chi connectivity index (χ4n) is 3.07. The molecule has 0 radical (unpaired) electrons. The number of hydrogen-bond donors (Lipinski definition) is 2. The molecule has 5 heteroatoms. The van der Waals surface area contributed by atoms with Crippen LogP contribution in [-0.2, 0) is 20.7 Å². The first-order valence-electron chi connectivity index (χ1n) is 10.2. The minimum absolute atomic E-state index is 0.118. The van der Waals surface area contributed by atoms with Gasteiger partial charge in [0.25, 0.3) is 0 Å². The predicted octanol–water partition coefficient (Wildman–Crippen LogP) is 4.51. The van der Waals surface area contributed by atoms with Crippen LogP contribution >= 0.6 is 0 Å². The molecule has 0 fully saturated rings. The molecule has 152 valence electrons. The fraction of sp³-hybridized carbons (Fsp3) is 0.636. The molecule has 1 atom stereocenters. The zero-order valence-electron chi connectivity index (χ0n) is 16.8. The molecular formula is C22H35NO4. The van der Waals surface area contributed by atoms with Gasteiger partial charge in [-0.05, 0) is 24.1 Å². The number of phenolic OH excluding ortho intramolecular Hbond substituents is 1. The third kappa shape index (κ3) is 10.6. The van der Waals surface area contributed by atoms with E-state index in [0.717, 1.165) is 24.8 Å². The standard InChI is InChI=1S/C22H35NO4/c1-3-4-5-6-7-8-9-10-11-12-21(25)23-20(22(26)27-2)17-18-13-15-19(24)16-14-18/h13-16,20,24H,3-12,17H2,1-2H3,(H,23,25). The highest BCUT2D eigenvalue weighted by atomic mass is 16.5. The van der Waals surface area contributed by atoms with Crippen molar-refractivity contribution in [2.24, 2.45) is 0 Å². The Morgan fingerprint density at radius 2 is 1.52 bits per heavy atom. The Morgan fingerprint density at radius 1 is 0.963 bits per heavy atom. The second-order valence-corrected chi connectivity index (χ2v) is 7.09. The van der Waals surface area contributed by atoms with E-state index in [4.69, 9.17) is 4.74 Å². The van der Waals surface area contributed by atoms with Crippen molar-refractivity contribution in [2.45, 2.75) is 83.6 Å². The highest BCUT2D eigenvalue weighted by Crippen LogP contribution is 2.13. The monoisotopic (exact) mass is 377 g/mol. The van der Waals surface area contributed by atoms with Crippen molar-refractivity contribution >= 4 is 11.9 Å². The normalized spacial score (nSPS) is 11.8. The van der Waals surface area contributed by atoms with E-state index in [1.54, 1.807) is 24.3 Å². The number of hydrogen-bond acceptors (Lipinski definition) is 4. The number of aromatic hydroxyl groups is 1. The first kappa shape index (κ1) is 23.0. The Kier molecular flexibility index (Phi) is 12.0. The number of carbonyl (C=O) groups is 2. The molecule has 1 unspecified atom stereocenters. The van der Waals surface area contributed by atoms with Crippen LogP contribution in [0.1, 0.15) is 76.7 Å². The van der Waals surface area contributed by atoms with Crippen molar-refractivity contribution in [1.29, 1.82) is 0 Å². The molecule has 0 saturated heterocycles. The minimum Gasteiger partial charge on any atom is -0.508 e. The number of ether oxygens (including phenoxy) is 1. The summed E-state index contributed by atoms with van der Waals surface area (Å²) in [4.78, 5) is 24.1. The molecule has 0 heterocycles. The topological polar surface area (TPSA) is 75.6 Å². The number of carbonyl (C=O) groups excluding carboxylic acids is 2. The van der Waals surface area contributed by atoms with Gasteiger partial charge < -0.3 is 15.2 Å². The molecule has 0 bridgehead atoms. The van der Waals surface area contributed by atoms with E-state index in [9.17, 15) is 14.7 Å². The summed E-state index contributed by atoms with van der Waals surface area (Å²) in [6.07, 6.45) is 11.6. The third-order valence-electron chi connectivity index (χ3n) is 4.70. The van der Waals surface area contributed by atoms with Crippen molar-refractivity contribution in [3.05, 3.63) is 29.8 Å². The number of amides is 1. The van der Waals surface area contributed by atoms with E-state index in [0.29, 0.717) is 12.8 Å². The maximum atomic E-state index is 12.2. The second kappa shape index (κ2) is 14.1. The number of methoxy groups -OCH3 is 1. The van der Waals surface area contributed by atoms with E-state index in [1.165, 1.54) is 45.6 Å². The van der Waals surface area contributed by atoms with E-state index < -0.39 is 12.0 Å². The summed E-state index contributed by atoms with van der Waals surface area (Å²) in [6, 6.07) is 5.89. The number of phenols is 1. The Morgan fingerprint density at radius 3 is 2.07 bits per heavy atom. The smallest absolute Gasteiger partial charge is 0.328 e. The number of benzene rings is 1. The van der Waals surface area contributed by atoms with Crippen LogP contribution in [0, 0.1) is 0 Å². The second-order valence-electron chi connectivity index (χ2n) is 7.09. The molecule has 1 amide bonds. The third-order valence-corrected chi connectivity index (χ3v) is 4.70. The van der Waals surface area contributed by atoms with Crippen molar-refractivity contribution < 1.29 is 19.4 Å². The Hall–Kier alpha value is -2.04. The van der Waals surface area contributed by atoms with Crippen LogP contribution in [0.3, 0.4) is 0 Å². The first-order valence-corrected chi connectivity index (χ1v) is 10.2. The van der Waals surface area contributed by atoms with Gasteiger partial charge in [0.05, 0.1) is 7.11 Å². The lowest BCUT2D eigenvalue weighted by molar-refractivity contribution is -0.145. The zero-order valence-corrected chi connectivity index (χ0v) is 16.8. The lowest BCUT2D eigenvalue weighted by atomic mass is 10.0. The molecule has 0 aliphatic carbocycles. The Bertz CT molecular complexity index is 542. The molecule has 1 rings (SSSR count). The van der Waals surface area contributed by atoms with Crippen LogP contribution < -0.4 is 5.32 Å². The molecule has 0 aliphatic heterocycles. The largest absolute Gasteiger partial charge is 0.508 e. The maximum absolute atomic E-state index is 12.2. The molecular weight excluding hydrogens is 342 g/mol.